The Balaban J connectivity index is 1.36. The summed E-state index contributed by atoms with van der Waals surface area (Å²) < 4.78 is 13.7. The molecule has 3 aromatic rings. The highest BCUT2D eigenvalue weighted by molar-refractivity contribution is 6.20. The van der Waals surface area contributed by atoms with Gasteiger partial charge in [-0.05, 0) is 62.4 Å². The van der Waals surface area contributed by atoms with Crippen molar-refractivity contribution in [3.8, 4) is 17.9 Å². The van der Waals surface area contributed by atoms with E-state index in [-0.39, 0.29) is 11.2 Å². The molecular formula is C34H36N4O3. The smallest absolute Gasteiger partial charge is 0.195 e. The first-order valence-electron chi connectivity index (χ1n) is 14.9. The Kier molecular flexibility index (Phi) is 6.63. The van der Waals surface area contributed by atoms with E-state index in [1.807, 2.05) is 32.2 Å². The first-order chi connectivity index (χ1) is 20.1. The lowest BCUT2D eigenvalue weighted by atomic mass is 9.64. The third kappa shape index (κ3) is 4.10. The van der Waals surface area contributed by atoms with Crippen molar-refractivity contribution < 1.29 is 14.3 Å². The van der Waals surface area contributed by atoms with Gasteiger partial charge in [-0.2, -0.15) is 5.26 Å². The van der Waals surface area contributed by atoms with Gasteiger partial charge >= 0.3 is 0 Å². The molecule has 1 aromatic heterocycles. The number of hydrogen-bond acceptors (Lipinski definition) is 6. The van der Waals surface area contributed by atoms with E-state index in [4.69, 9.17) is 9.47 Å². The van der Waals surface area contributed by atoms with Gasteiger partial charge in [-0.25, -0.2) is 0 Å². The first kappa shape index (κ1) is 26.3. The van der Waals surface area contributed by atoms with Crippen LogP contribution in [0.3, 0.4) is 0 Å². The van der Waals surface area contributed by atoms with Gasteiger partial charge in [0, 0.05) is 80.1 Å². The first-order valence-corrected chi connectivity index (χ1v) is 14.9. The normalized spacial score (nSPS) is 20.8. The number of anilines is 1. The summed E-state index contributed by atoms with van der Waals surface area (Å²) in [6.07, 6.45) is 3.85. The lowest BCUT2D eigenvalue weighted by Crippen LogP contribution is -2.49. The molecular weight excluding hydrogens is 512 g/mol. The second kappa shape index (κ2) is 10.3. The number of morpholine rings is 1. The quantitative estimate of drug-likeness (QED) is 0.443. The zero-order valence-electron chi connectivity index (χ0n) is 24.0. The van der Waals surface area contributed by atoms with Crippen LogP contribution in [0.15, 0.2) is 30.3 Å². The zero-order valence-corrected chi connectivity index (χ0v) is 24.0. The molecule has 0 saturated carbocycles. The highest BCUT2D eigenvalue weighted by Crippen LogP contribution is 2.51. The summed E-state index contributed by atoms with van der Waals surface area (Å²) in [6, 6.07) is 12.9. The summed E-state index contributed by atoms with van der Waals surface area (Å²) in [5, 5.41) is 10.5. The Labute approximate surface area is 241 Å². The number of ether oxygens (including phenoxy) is 2. The van der Waals surface area contributed by atoms with Crippen molar-refractivity contribution in [3.05, 3.63) is 63.8 Å². The molecule has 210 valence electrons. The van der Waals surface area contributed by atoms with Gasteiger partial charge < -0.3 is 18.9 Å². The summed E-state index contributed by atoms with van der Waals surface area (Å²) >= 11 is 0. The average Bonchev–Trinajstić information content (AvgIpc) is 3.33. The SMILES string of the molecule is CC#Cc1cc2c(cc1N1CCC(N3CCOCC3)CC1)C1(CCOCC1)c1c(c3ccc(C#N)cc3n1C)C2=O. The van der Waals surface area contributed by atoms with Crippen molar-refractivity contribution in [2.45, 2.75) is 44.1 Å². The van der Waals surface area contributed by atoms with Crippen molar-refractivity contribution in [2.75, 3.05) is 57.5 Å². The van der Waals surface area contributed by atoms with Crippen molar-refractivity contribution in [1.82, 2.24) is 9.47 Å². The molecule has 4 heterocycles. The van der Waals surface area contributed by atoms with Crippen molar-refractivity contribution in [1.29, 1.82) is 5.26 Å². The molecule has 0 atom stereocenters. The molecule has 3 aliphatic heterocycles. The molecule has 0 bridgehead atoms. The predicted octanol–water partition coefficient (Wildman–Crippen LogP) is 4.36. The molecule has 7 heteroatoms. The van der Waals surface area contributed by atoms with Crippen molar-refractivity contribution in [2.24, 2.45) is 7.05 Å². The van der Waals surface area contributed by atoms with E-state index in [2.05, 4.69) is 44.4 Å². The molecule has 0 N–H and O–H groups in total. The number of fused-ring (bicyclic) bond motifs is 6. The molecule has 7 rings (SSSR count). The van der Waals surface area contributed by atoms with Crippen LogP contribution in [-0.4, -0.2) is 73.9 Å². The van der Waals surface area contributed by atoms with E-state index >= 15 is 0 Å². The van der Waals surface area contributed by atoms with Crippen molar-refractivity contribution >= 4 is 22.4 Å². The monoisotopic (exact) mass is 548 g/mol. The van der Waals surface area contributed by atoms with E-state index in [1.165, 1.54) is 0 Å². The fraction of sp³-hybridized carbons (Fsp3) is 0.471. The Morgan fingerprint density at radius 3 is 2.41 bits per heavy atom. The van der Waals surface area contributed by atoms with Gasteiger partial charge in [-0.3, -0.25) is 9.69 Å². The summed E-state index contributed by atoms with van der Waals surface area (Å²) in [6.45, 7) is 8.80. The Morgan fingerprint density at radius 2 is 1.71 bits per heavy atom. The minimum atomic E-state index is -0.337. The number of benzene rings is 2. The van der Waals surface area contributed by atoms with Crippen LogP contribution in [0.2, 0.25) is 0 Å². The van der Waals surface area contributed by atoms with Gasteiger partial charge in [0.15, 0.2) is 5.78 Å². The molecule has 7 nitrogen and oxygen atoms in total. The maximum atomic E-state index is 14.4. The second-order valence-corrected chi connectivity index (χ2v) is 11.8. The third-order valence-electron chi connectivity index (χ3n) is 9.88. The van der Waals surface area contributed by atoms with Gasteiger partial charge in [0.2, 0.25) is 0 Å². The van der Waals surface area contributed by atoms with Crippen LogP contribution in [-0.2, 0) is 21.9 Å². The average molecular weight is 549 g/mol. The summed E-state index contributed by atoms with van der Waals surface area (Å²) in [5.41, 5.74) is 6.98. The molecule has 3 fully saturated rings. The third-order valence-corrected chi connectivity index (χ3v) is 9.88. The molecule has 2 aromatic carbocycles. The molecule has 4 aliphatic rings. The number of ketones is 1. The highest BCUT2D eigenvalue weighted by atomic mass is 16.5. The molecule has 41 heavy (non-hydrogen) atoms. The van der Waals surface area contributed by atoms with E-state index in [1.54, 1.807) is 0 Å². The van der Waals surface area contributed by atoms with Gasteiger partial charge in [-0.15, -0.1) is 5.92 Å². The summed E-state index contributed by atoms with van der Waals surface area (Å²) in [7, 11) is 2.05. The van der Waals surface area contributed by atoms with Crippen molar-refractivity contribution in [3.63, 3.8) is 0 Å². The number of aryl methyl sites for hydroxylation is 1. The number of nitriles is 1. The maximum absolute atomic E-state index is 14.4. The summed E-state index contributed by atoms with van der Waals surface area (Å²) in [4.78, 5) is 19.5. The van der Waals surface area contributed by atoms with Gasteiger partial charge in [0.1, 0.15) is 0 Å². The van der Waals surface area contributed by atoms with E-state index in [0.717, 1.165) is 110 Å². The van der Waals surface area contributed by atoms with Crippen LogP contribution in [0.1, 0.15) is 70.9 Å². The highest BCUT2D eigenvalue weighted by Gasteiger charge is 2.48. The van der Waals surface area contributed by atoms with Crippen LogP contribution in [0.25, 0.3) is 10.9 Å². The molecule has 1 spiro atoms. The van der Waals surface area contributed by atoms with E-state index in [0.29, 0.717) is 24.8 Å². The Morgan fingerprint density at radius 1 is 0.976 bits per heavy atom. The van der Waals surface area contributed by atoms with E-state index < -0.39 is 0 Å². The van der Waals surface area contributed by atoms with Crippen LogP contribution < -0.4 is 4.90 Å². The number of aromatic nitrogens is 1. The number of hydrogen-bond donors (Lipinski definition) is 0. The fourth-order valence-electron chi connectivity index (χ4n) is 7.87. The minimum absolute atomic E-state index is 0.0548. The largest absolute Gasteiger partial charge is 0.381 e. The maximum Gasteiger partial charge on any atom is 0.195 e. The van der Waals surface area contributed by atoms with Crippen LogP contribution in [0, 0.1) is 23.2 Å². The summed E-state index contributed by atoms with van der Waals surface area (Å²) in [5.74, 6) is 6.53. The zero-order chi connectivity index (χ0) is 28.1. The Hall–Kier alpha value is -3.62. The number of piperidine rings is 1. The molecule has 0 amide bonds. The number of carbonyl (C=O) groups is 1. The lowest BCUT2D eigenvalue weighted by Gasteiger charge is -2.44. The van der Waals surface area contributed by atoms with Crippen LogP contribution >= 0.6 is 0 Å². The predicted molar refractivity (Wildman–Crippen MR) is 159 cm³/mol. The Bertz CT molecular complexity index is 1630. The molecule has 3 saturated heterocycles. The van der Waals surface area contributed by atoms with Crippen LogP contribution in [0.4, 0.5) is 5.69 Å². The molecule has 0 radical (unpaired) electrons. The number of carbonyl (C=O) groups excluding carboxylic acids is 1. The van der Waals surface area contributed by atoms with Gasteiger partial charge in [0.05, 0.1) is 41.6 Å². The lowest BCUT2D eigenvalue weighted by molar-refractivity contribution is 0.0115. The van der Waals surface area contributed by atoms with Gasteiger partial charge in [0.25, 0.3) is 0 Å². The molecule has 1 aliphatic carbocycles. The van der Waals surface area contributed by atoms with Gasteiger partial charge in [-0.1, -0.05) is 12.0 Å². The molecule has 0 unspecified atom stereocenters. The van der Waals surface area contributed by atoms with E-state index in [9.17, 15) is 10.1 Å². The topological polar surface area (TPSA) is 70.7 Å². The standard InChI is InChI=1S/C34H36N4O3/c1-3-4-24-20-27-28(21-29(24)38-11-7-25(8-12-38)37-13-17-41-18-14-37)34(9-15-40-16-10-34)33-31(32(27)39)26-6-5-23(22-35)19-30(26)36(33)2/h5-6,19-21,25H,7-18H2,1-2H3. The second-order valence-electron chi connectivity index (χ2n) is 11.8. The number of rotatable bonds is 2. The fourth-order valence-corrected chi connectivity index (χ4v) is 7.87. The minimum Gasteiger partial charge on any atom is -0.381 e. The number of nitrogens with zero attached hydrogens (tertiary/aromatic N) is 4. The van der Waals surface area contributed by atoms with Crippen LogP contribution in [0.5, 0.6) is 0 Å².